The first kappa shape index (κ1) is 22.5. The minimum Gasteiger partial charge on any atom is -0.366 e. The Labute approximate surface area is 191 Å². The highest BCUT2D eigenvalue weighted by molar-refractivity contribution is 5.79. The number of fused-ring (bicyclic) bond motifs is 1. The van der Waals surface area contributed by atoms with Gasteiger partial charge in [0.25, 0.3) is 0 Å². The molecule has 1 aromatic rings. The standard InChI is InChI=1S/C24H30F3N3O3/c25-24(26,27)18-4-3-17(19(12-18)16-1-2-16)11-15-5-8-29(9-6-15)23(32)30-10-7-21-20(13-30)28-22(31)14-33-21/h3-4,12,15-16,20-21H,1-2,5-11,13-14H2,(H,28,31)/t20-,21+/m1/s1. The SMILES string of the molecule is O=C1CO[C@H]2CCN(C(=O)N3CCC(Cc4ccc(C(F)(F)F)cc4C4CC4)CC3)C[C@H]2N1. The lowest BCUT2D eigenvalue weighted by Gasteiger charge is -2.43. The Bertz CT molecular complexity index is 910. The predicted octanol–water partition coefficient (Wildman–Crippen LogP) is 3.55. The zero-order valence-electron chi connectivity index (χ0n) is 18.6. The summed E-state index contributed by atoms with van der Waals surface area (Å²) in [7, 11) is 0. The fourth-order valence-corrected chi connectivity index (χ4v) is 5.44. The number of halogens is 3. The third-order valence-corrected chi connectivity index (χ3v) is 7.48. The average Bonchev–Trinajstić information content (AvgIpc) is 3.63. The van der Waals surface area contributed by atoms with Crippen LogP contribution >= 0.6 is 0 Å². The molecule has 3 saturated heterocycles. The Morgan fingerprint density at radius 3 is 2.48 bits per heavy atom. The maximum Gasteiger partial charge on any atom is 0.416 e. The Morgan fingerprint density at radius 1 is 1.06 bits per heavy atom. The molecule has 1 N–H and O–H groups in total. The van der Waals surface area contributed by atoms with Crippen LogP contribution in [-0.4, -0.2) is 66.7 Å². The molecular weight excluding hydrogens is 435 g/mol. The molecule has 180 valence electrons. The Morgan fingerprint density at radius 2 is 1.79 bits per heavy atom. The number of benzene rings is 1. The van der Waals surface area contributed by atoms with Crippen molar-refractivity contribution in [3.63, 3.8) is 0 Å². The Kier molecular flexibility index (Phi) is 6.01. The van der Waals surface area contributed by atoms with Gasteiger partial charge < -0.3 is 19.9 Å². The van der Waals surface area contributed by atoms with E-state index in [9.17, 15) is 22.8 Å². The van der Waals surface area contributed by atoms with Crippen molar-refractivity contribution in [2.45, 2.75) is 62.8 Å². The summed E-state index contributed by atoms with van der Waals surface area (Å²) in [5.41, 5.74) is 1.34. The zero-order chi connectivity index (χ0) is 23.2. The Balaban J connectivity index is 1.16. The van der Waals surface area contributed by atoms with Crippen molar-refractivity contribution in [1.82, 2.24) is 15.1 Å². The minimum atomic E-state index is -4.31. The zero-order valence-corrected chi connectivity index (χ0v) is 18.6. The number of hydrogen-bond donors (Lipinski definition) is 1. The van der Waals surface area contributed by atoms with Gasteiger partial charge in [-0.05, 0) is 73.6 Å². The highest BCUT2D eigenvalue weighted by atomic mass is 19.4. The van der Waals surface area contributed by atoms with Gasteiger partial charge in [0.15, 0.2) is 0 Å². The van der Waals surface area contributed by atoms with Crippen LogP contribution in [0, 0.1) is 5.92 Å². The number of hydrogen-bond acceptors (Lipinski definition) is 3. The molecule has 1 aliphatic carbocycles. The third kappa shape index (κ3) is 4.98. The first-order valence-corrected chi connectivity index (χ1v) is 11.9. The molecule has 0 spiro atoms. The van der Waals surface area contributed by atoms with Crippen LogP contribution in [0.1, 0.15) is 54.7 Å². The topological polar surface area (TPSA) is 61.9 Å². The number of morpholine rings is 1. The number of carbonyl (C=O) groups excluding carboxylic acids is 2. The van der Waals surface area contributed by atoms with Gasteiger partial charge in [-0.15, -0.1) is 0 Å². The van der Waals surface area contributed by atoms with Gasteiger partial charge in [-0.1, -0.05) is 6.07 Å². The maximum atomic E-state index is 13.2. The number of amides is 3. The quantitative estimate of drug-likeness (QED) is 0.743. The molecule has 3 heterocycles. The van der Waals surface area contributed by atoms with E-state index < -0.39 is 11.7 Å². The van der Waals surface area contributed by atoms with E-state index in [1.807, 2.05) is 4.90 Å². The van der Waals surface area contributed by atoms with E-state index >= 15 is 0 Å². The van der Waals surface area contributed by atoms with Crippen LogP contribution in [0.15, 0.2) is 18.2 Å². The van der Waals surface area contributed by atoms with E-state index in [1.165, 1.54) is 12.1 Å². The average molecular weight is 466 g/mol. The van der Waals surface area contributed by atoms with Gasteiger partial charge >= 0.3 is 12.2 Å². The molecule has 0 bridgehead atoms. The number of carbonyl (C=O) groups is 2. The second kappa shape index (κ2) is 8.81. The predicted molar refractivity (Wildman–Crippen MR) is 115 cm³/mol. The van der Waals surface area contributed by atoms with Crippen LogP contribution in [0.4, 0.5) is 18.0 Å². The molecular formula is C24H30F3N3O3. The van der Waals surface area contributed by atoms with Crippen LogP contribution in [0.2, 0.25) is 0 Å². The first-order chi connectivity index (χ1) is 15.8. The fraction of sp³-hybridized carbons (Fsp3) is 0.667. The second-order valence-corrected chi connectivity index (χ2v) is 9.86. The molecule has 1 aromatic carbocycles. The van der Waals surface area contributed by atoms with Gasteiger partial charge in [-0.3, -0.25) is 4.79 Å². The third-order valence-electron chi connectivity index (χ3n) is 7.48. The van der Waals surface area contributed by atoms with E-state index in [-0.39, 0.29) is 36.6 Å². The monoisotopic (exact) mass is 465 g/mol. The number of alkyl halides is 3. The molecule has 4 aliphatic rings. The largest absolute Gasteiger partial charge is 0.416 e. The van der Waals surface area contributed by atoms with Gasteiger partial charge in [0.05, 0.1) is 17.7 Å². The summed E-state index contributed by atoms with van der Waals surface area (Å²) in [6.45, 7) is 2.47. The fourth-order valence-electron chi connectivity index (χ4n) is 5.44. The van der Waals surface area contributed by atoms with Crippen molar-refractivity contribution < 1.29 is 27.5 Å². The molecule has 9 heteroatoms. The van der Waals surface area contributed by atoms with E-state index in [2.05, 4.69) is 5.32 Å². The molecule has 33 heavy (non-hydrogen) atoms. The maximum absolute atomic E-state index is 13.2. The van der Waals surface area contributed by atoms with Gasteiger partial charge in [0, 0.05) is 26.2 Å². The molecule has 2 atom stereocenters. The summed E-state index contributed by atoms with van der Waals surface area (Å²) in [6, 6.07) is 4.07. The van der Waals surface area contributed by atoms with E-state index in [4.69, 9.17) is 4.74 Å². The summed E-state index contributed by atoms with van der Waals surface area (Å²) >= 11 is 0. The van der Waals surface area contributed by atoms with Crippen molar-refractivity contribution in [3.05, 3.63) is 34.9 Å². The Hall–Kier alpha value is -2.29. The van der Waals surface area contributed by atoms with Crippen LogP contribution in [0.3, 0.4) is 0 Å². The van der Waals surface area contributed by atoms with Gasteiger partial charge in [-0.2, -0.15) is 13.2 Å². The van der Waals surface area contributed by atoms with E-state index in [1.54, 1.807) is 11.0 Å². The smallest absolute Gasteiger partial charge is 0.366 e. The molecule has 6 nitrogen and oxygen atoms in total. The number of ether oxygens (including phenoxy) is 1. The van der Waals surface area contributed by atoms with Gasteiger partial charge in [0.1, 0.15) is 6.61 Å². The molecule has 4 fully saturated rings. The molecule has 5 rings (SSSR count). The summed E-state index contributed by atoms with van der Waals surface area (Å²) in [6.07, 6.45) is 0.757. The highest BCUT2D eigenvalue weighted by Gasteiger charge is 2.38. The molecule has 0 unspecified atom stereocenters. The first-order valence-electron chi connectivity index (χ1n) is 11.9. The lowest BCUT2D eigenvalue weighted by atomic mass is 9.87. The lowest BCUT2D eigenvalue weighted by Crippen LogP contribution is -2.62. The molecule has 3 amide bonds. The normalized spacial score (nSPS) is 26.7. The molecule has 3 aliphatic heterocycles. The summed E-state index contributed by atoms with van der Waals surface area (Å²) < 4.78 is 45.0. The van der Waals surface area contributed by atoms with Crippen molar-refractivity contribution >= 4 is 11.9 Å². The summed E-state index contributed by atoms with van der Waals surface area (Å²) in [4.78, 5) is 28.3. The van der Waals surface area contributed by atoms with Crippen molar-refractivity contribution in [1.29, 1.82) is 0 Å². The number of rotatable bonds is 3. The highest BCUT2D eigenvalue weighted by Crippen LogP contribution is 2.44. The number of piperidine rings is 2. The number of nitrogens with one attached hydrogen (secondary N) is 1. The summed E-state index contributed by atoms with van der Waals surface area (Å²) in [5, 5.41) is 2.93. The number of urea groups is 1. The lowest BCUT2D eigenvalue weighted by molar-refractivity contribution is -0.140. The van der Waals surface area contributed by atoms with E-state index in [0.717, 1.165) is 43.2 Å². The van der Waals surface area contributed by atoms with Crippen molar-refractivity contribution in [2.75, 3.05) is 32.8 Å². The van der Waals surface area contributed by atoms with Crippen LogP contribution in [0.5, 0.6) is 0 Å². The van der Waals surface area contributed by atoms with Gasteiger partial charge in [0.2, 0.25) is 5.91 Å². The minimum absolute atomic E-state index is 0.0000722. The van der Waals surface area contributed by atoms with E-state index in [0.29, 0.717) is 38.5 Å². The van der Waals surface area contributed by atoms with Crippen LogP contribution < -0.4 is 5.32 Å². The molecule has 0 aromatic heterocycles. The molecule has 0 radical (unpaired) electrons. The number of nitrogens with zero attached hydrogens (tertiary/aromatic N) is 2. The van der Waals surface area contributed by atoms with Crippen molar-refractivity contribution in [3.8, 4) is 0 Å². The second-order valence-electron chi connectivity index (χ2n) is 9.86. The summed E-state index contributed by atoms with van der Waals surface area (Å²) in [5.74, 6) is 0.483. The molecule has 1 saturated carbocycles. The number of likely N-dealkylation sites (tertiary alicyclic amines) is 2. The van der Waals surface area contributed by atoms with Crippen molar-refractivity contribution in [2.24, 2.45) is 5.92 Å². The van der Waals surface area contributed by atoms with Gasteiger partial charge in [-0.25, -0.2) is 4.79 Å². The van der Waals surface area contributed by atoms with Crippen LogP contribution in [-0.2, 0) is 22.1 Å². The van der Waals surface area contributed by atoms with Crippen LogP contribution in [0.25, 0.3) is 0 Å².